The fraction of sp³-hybridized carbons (Fsp3) is 0.455. The summed E-state index contributed by atoms with van der Waals surface area (Å²) in [7, 11) is 2.53. The maximum atomic E-state index is 13.3. The lowest BCUT2D eigenvalue weighted by atomic mass is 10.0. The molecule has 108 valence electrons. The number of benzene rings is 1. The summed E-state index contributed by atoms with van der Waals surface area (Å²) in [5.41, 5.74) is -0.269. The molecule has 2 nitrogen and oxygen atoms in total. The van der Waals surface area contributed by atoms with Crippen LogP contribution in [0.2, 0.25) is 0 Å². The van der Waals surface area contributed by atoms with Gasteiger partial charge in [-0.1, -0.05) is 0 Å². The molecule has 0 aromatic heterocycles. The molecule has 1 aromatic carbocycles. The molecule has 0 bridgehead atoms. The Kier molecular flexibility index (Phi) is 5.32. The lowest BCUT2D eigenvalue weighted by Gasteiger charge is -2.23. The van der Waals surface area contributed by atoms with Crippen molar-refractivity contribution in [1.82, 2.24) is 0 Å². The van der Waals surface area contributed by atoms with Crippen LogP contribution in [0.4, 0.5) is 17.6 Å². The summed E-state index contributed by atoms with van der Waals surface area (Å²) in [5.74, 6) is -4.23. The van der Waals surface area contributed by atoms with Crippen molar-refractivity contribution in [3.8, 4) is 11.5 Å². The van der Waals surface area contributed by atoms with E-state index < -0.39 is 17.7 Å². The van der Waals surface area contributed by atoms with Crippen molar-refractivity contribution >= 4 is 27.5 Å². The molecule has 8 heteroatoms. The van der Waals surface area contributed by atoms with Crippen LogP contribution >= 0.6 is 27.5 Å². The summed E-state index contributed by atoms with van der Waals surface area (Å²) in [6.07, 6.45) is -3.88. The van der Waals surface area contributed by atoms with Crippen molar-refractivity contribution in [3.05, 3.63) is 22.2 Å². The molecule has 1 atom stereocenters. The third-order valence-corrected chi connectivity index (χ3v) is 3.55. The first-order valence-electron chi connectivity index (χ1n) is 4.97. The molecular formula is C11H10BrClF4O2. The van der Waals surface area contributed by atoms with E-state index in [0.29, 0.717) is 4.47 Å². The number of alkyl halides is 5. The predicted molar refractivity (Wildman–Crippen MR) is 66.8 cm³/mol. The van der Waals surface area contributed by atoms with E-state index in [-0.39, 0.29) is 17.1 Å². The number of halogens is 6. The normalized spacial score (nSPS) is 13.5. The van der Waals surface area contributed by atoms with Crippen molar-refractivity contribution in [1.29, 1.82) is 0 Å². The molecule has 0 heterocycles. The molecule has 0 aliphatic carbocycles. The minimum Gasteiger partial charge on any atom is -0.496 e. The molecule has 0 aliphatic rings. The van der Waals surface area contributed by atoms with Gasteiger partial charge in [-0.15, -0.1) is 11.6 Å². The van der Waals surface area contributed by atoms with Crippen LogP contribution in [0, 0.1) is 0 Å². The van der Waals surface area contributed by atoms with E-state index in [1.54, 1.807) is 0 Å². The number of methoxy groups -OCH3 is 2. The molecule has 0 N–H and O–H groups in total. The quantitative estimate of drug-likeness (QED) is 0.559. The molecule has 0 radical (unpaired) electrons. The summed E-state index contributed by atoms with van der Waals surface area (Å²) in [4.78, 5) is 0. The monoisotopic (exact) mass is 364 g/mol. The molecule has 0 fully saturated rings. The van der Waals surface area contributed by atoms with Gasteiger partial charge < -0.3 is 9.47 Å². The first-order valence-corrected chi connectivity index (χ1v) is 6.20. The van der Waals surface area contributed by atoms with Gasteiger partial charge in [-0.05, 0) is 28.1 Å². The second kappa shape index (κ2) is 6.17. The van der Waals surface area contributed by atoms with E-state index in [2.05, 4.69) is 15.9 Å². The second-order valence-electron chi connectivity index (χ2n) is 3.57. The van der Waals surface area contributed by atoms with Crippen LogP contribution in [-0.2, 0) is 0 Å². The second-order valence-corrected chi connectivity index (χ2v) is 4.86. The number of rotatable bonds is 5. The van der Waals surface area contributed by atoms with Gasteiger partial charge in [0, 0.05) is 5.56 Å². The first kappa shape index (κ1) is 16.4. The summed E-state index contributed by atoms with van der Waals surface area (Å²) in [6, 6.07) is 2.46. The van der Waals surface area contributed by atoms with E-state index in [4.69, 9.17) is 21.1 Å². The van der Waals surface area contributed by atoms with Crippen LogP contribution in [0.1, 0.15) is 10.9 Å². The predicted octanol–water partition coefficient (Wildman–Crippen LogP) is 4.65. The van der Waals surface area contributed by atoms with Crippen LogP contribution in [0.15, 0.2) is 16.6 Å². The third-order valence-electron chi connectivity index (χ3n) is 2.41. The molecule has 1 rings (SSSR count). The highest BCUT2D eigenvalue weighted by Gasteiger charge is 2.49. The molecule has 0 saturated heterocycles. The van der Waals surface area contributed by atoms with Gasteiger partial charge in [-0.3, -0.25) is 0 Å². The molecule has 0 aliphatic heterocycles. The van der Waals surface area contributed by atoms with Crippen LogP contribution in [0.3, 0.4) is 0 Å². The molecule has 19 heavy (non-hydrogen) atoms. The highest BCUT2D eigenvalue weighted by molar-refractivity contribution is 9.10. The lowest BCUT2D eigenvalue weighted by molar-refractivity contribution is -0.130. The Morgan fingerprint density at radius 2 is 1.68 bits per heavy atom. The summed E-state index contributed by atoms with van der Waals surface area (Å²) < 4.78 is 61.5. The molecular weight excluding hydrogens is 355 g/mol. The number of ether oxygens (including phenoxy) is 2. The van der Waals surface area contributed by atoms with Crippen molar-refractivity contribution < 1.29 is 27.0 Å². The Hall–Kier alpha value is -0.690. The lowest BCUT2D eigenvalue weighted by Crippen LogP contribution is -2.31. The zero-order chi connectivity index (χ0) is 14.8. The minimum atomic E-state index is -4.38. The van der Waals surface area contributed by atoms with Crippen molar-refractivity contribution in [2.75, 3.05) is 14.2 Å². The highest BCUT2D eigenvalue weighted by Crippen LogP contribution is 2.46. The Bertz CT molecular complexity index is 457. The van der Waals surface area contributed by atoms with Gasteiger partial charge in [-0.2, -0.15) is 8.78 Å². The Morgan fingerprint density at radius 1 is 1.16 bits per heavy atom. The van der Waals surface area contributed by atoms with Gasteiger partial charge in [0.1, 0.15) is 16.9 Å². The van der Waals surface area contributed by atoms with Crippen molar-refractivity contribution in [2.45, 2.75) is 17.7 Å². The van der Waals surface area contributed by atoms with Crippen molar-refractivity contribution in [3.63, 3.8) is 0 Å². The fourth-order valence-corrected chi connectivity index (χ4v) is 2.15. The van der Waals surface area contributed by atoms with Gasteiger partial charge in [0.05, 0.1) is 18.7 Å². The fourth-order valence-electron chi connectivity index (χ4n) is 1.40. The molecule has 0 saturated carbocycles. The minimum absolute atomic E-state index is 0.0343. The van der Waals surface area contributed by atoms with Gasteiger partial charge >= 0.3 is 12.3 Å². The van der Waals surface area contributed by atoms with E-state index >= 15 is 0 Å². The standard InChI is InChI=1S/C11H10BrClF4O2/c1-18-7-4-6(12)8(19-2)3-5(7)9(13)11(16,17)10(14)15/h3-4,9-10H,1-2H3. The molecule has 0 amide bonds. The number of hydrogen-bond donors (Lipinski definition) is 0. The maximum absolute atomic E-state index is 13.3. The van der Waals surface area contributed by atoms with Crippen molar-refractivity contribution in [2.24, 2.45) is 0 Å². The SMILES string of the molecule is COc1cc(C(Cl)C(F)(F)C(F)F)c(OC)cc1Br. The van der Waals surface area contributed by atoms with Crippen LogP contribution in [0.25, 0.3) is 0 Å². The zero-order valence-corrected chi connectivity index (χ0v) is 12.2. The first-order chi connectivity index (χ1) is 8.75. The summed E-state index contributed by atoms with van der Waals surface area (Å²) in [6.45, 7) is 0. The van der Waals surface area contributed by atoms with Crippen LogP contribution < -0.4 is 9.47 Å². The Labute approximate surface area is 120 Å². The highest BCUT2D eigenvalue weighted by atomic mass is 79.9. The summed E-state index contributed by atoms with van der Waals surface area (Å²) in [5, 5.41) is -2.23. The number of hydrogen-bond acceptors (Lipinski definition) is 2. The van der Waals surface area contributed by atoms with Gasteiger partial charge in [0.2, 0.25) is 0 Å². The molecule has 1 aromatic rings. The smallest absolute Gasteiger partial charge is 0.327 e. The average molecular weight is 366 g/mol. The largest absolute Gasteiger partial charge is 0.496 e. The topological polar surface area (TPSA) is 18.5 Å². The van der Waals surface area contributed by atoms with E-state index in [0.717, 1.165) is 6.07 Å². The van der Waals surface area contributed by atoms with E-state index in [1.165, 1.54) is 20.3 Å². The van der Waals surface area contributed by atoms with Gasteiger partial charge in [0.15, 0.2) is 0 Å². The molecule has 1 unspecified atom stereocenters. The third kappa shape index (κ3) is 3.25. The average Bonchev–Trinajstić information content (AvgIpc) is 2.37. The van der Waals surface area contributed by atoms with Gasteiger partial charge in [0.25, 0.3) is 0 Å². The Morgan fingerprint density at radius 3 is 2.11 bits per heavy atom. The molecule has 0 spiro atoms. The van der Waals surface area contributed by atoms with Gasteiger partial charge in [-0.25, -0.2) is 8.78 Å². The van der Waals surface area contributed by atoms with E-state index in [9.17, 15) is 17.6 Å². The Balaban J connectivity index is 3.32. The maximum Gasteiger partial charge on any atom is 0.327 e. The summed E-state index contributed by atoms with van der Waals surface area (Å²) >= 11 is 8.60. The van der Waals surface area contributed by atoms with E-state index in [1.807, 2.05) is 0 Å². The van der Waals surface area contributed by atoms with Crippen LogP contribution in [-0.4, -0.2) is 26.6 Å². The zero-order valence-electron chi connectivity index (χ0n) is 9.89. The van der Waals surface area contributed by atoms with Crippen LogP contribution in [0.5, 0.6) is 11.5 Å².